The van der Waals surface area contributed by atoms with Crippen LogP contribution in [0.2, 0.25) is 0 Å². The molecule has 0 amide bonds. The number of aliphatic hydroxyl groups is 2. The van der Waals surface area contributed by atoms with Crippen LogP contribution < -0.4 is 0 Å². The Kier molecular flexibility index (Phi) is 1.23. The van der Waals surface area contributed by atoms with E-state index in [1.165, 1.54) is 0 Å². The molecule has 3 atom stereocenters. The van der Waals surface area contributed by atoms with Gasteiger partial charge in [-0.3, -0.25) is 0 Å². The molecule has 2 N–H and O–H groups in total. The first-order valence-electron chi connectivity index (χ1n) is 3.80. The van der Waals surface area contributed by atoms with Gasteiger partial charge in [0.05, 0.1) is 6.61 Å². The van der Waals surface area contributed by atoms with Crippen LogP contribution in [-0.4, -0.2) is 34.1 Å². The van der Waals surface area contributed by atoms with Crippen molar-refractivity contribution in [2.24, 2.45) is 0 Å². The van der Waals surface area contributed by atoms with Crippen molar-refractivity contribution in [3.63, 3.8) is 0 Å². The molecule has 1 fully saturated rings. The quantitative estimate of drug-likeness (QED) is 0.409. The average Bonchev–Trinajstić information content (AvgIpc) is 2.59. The third-order valence-electron chi connectivity index (χ3n) is 2.80. The fourth-order valence-electron chi connectivity index (χ4n) is 1.83. The summed E-state index contributed by atoms with van der Waals surface area (Å²) in [6.45, 7) is 1.81. The lowest BCUT2D eigenvalue weighted by molar-refractivity contribution is 0.0649. The Bertz CT molecular complexity index is 213. The van der Waals surface area contributed by atoms with Crippen molar-refractivity contribution in [3.8, 4) is 0 Å². The molecule has 3 heteroatoms. The highest BCUT2D eigenvalue weighted by Gasteiger charge is 2.70. The largest absolute Gasteiger partial charge is 0.393 e. The van der Waals surface area contributed by atoms with Gasteiger partial charge >= 0.3 is 0 Å². The van der Waals surface area contributed by atoms with E-state index in [2.05, 4.69) is 0 Å². The zero-order valence-corrected chi connectivity index (χ0v) is 6.45. The predicted octanol–water partition coefficient (Wildman–Crippen LogP) is -0.173. The molecular weight excluding hydrogens is 144 g/mol. The number of ether oxygens (including phenoxy) is 1. The van der Waals surface area contributed by atoms with Crippen molar-refractivity contribution in [3.05, 3.63) is 12.2 Å². The molecule has 2 rings (SSSR count). The summed E-state index contributed by atoms with van der Waals surface area (Å²) in [5.74, 6) is 0. The molecule has 0 aromatic rings. The molecule has 3 nitrogen and oxygen atoms in total. The van der Waals surface area contributed by atoms with Gasteiger partial charge in [-0.25, -0.2) is 0 Å². The molecule has 0 radical (unpaired) electrons. The zero-order chi connectivity index (χ0) is 8.11. The molecule has 62 valence electrons. The predicted molar refractivity (Wildman–Crippen MR) is 39.1 cm³/mol. The highest BCUT2D eigenvalue weighted by molar-refractivity contribution is 5.27. The fraction of sp³-hybridized carbons (Fsp3) is 0.750. The minimum Gasteiger partial charge on any atom is -0.393 e. The van der Waals surface area contributed by atoms with Crippen LogP contribution in [-0.2, 0) is 4.74 Å². The molecule has 1 saturated heterocycles. The van der Waals surface area contributed by atoms with Crippen LogP contribution in [0.4, 0.5) is 0 Å². The first-order chi connectivity index (χ1) is 5.15. The molecule has 0 aromatic heterocycles. The summed E-state index contributed by atoms with van der Waals surface area (Å²) < 4.78 is 5.35. The Morgan fingerprint density at radius 3 is 2.91 bits per heavy atom. The number of rotatable bonds is 1. The van der Waals surface area contributed by atoms with Gasteiger partial charge in [-0.05, 0) is 13.3 Å². The van der Waals surface area contributed by atoms with Crippen molar-refractivity contribution < 1.29 is 14.9 Å². The molecule has 0 spiro atoms. The van der Waals surface area contributed by atoms with E-state index < -0.39 is 11.7 Å². The van der Waals surface area contributed by atoms with E-state index in [1.807, 2.05) is 13.0 Å². The Hall–Kier alpha value is -0.380. The maximum atomic E-state index is 9.46. The third-order valence-corrected chi connectivity index (χ3v) is 2.80. The van der Waals surface area contributed by atoms with E-state index in [-0.39, 0.29) is 12.2 Å². The van der Waals surface area contributed by atoms with Crippen molar-refractivity contribution in [2.75, 3.05) is 6.61 Å². The molecule has 0 bridgehead atoms. The summed E-state index contributed by atoms with van der Waals surface area (Å²) >= 11 is 0. The van der Waals surface area contributed by atoms with Crippen LogP contribution in [0, 0.1) is 0 Å². The van der Waals surface area contributed by atoms with Crippen LogP contribution in [0.15, 0.2) is 12.2 Å². The van der Waals surface area contributed by atoms with Crippen molar-refractivity contribution >= 4 is 0 Å². The van der Waals surface area contributed by atoms with Gasteiger partial charge in [0.25, 0.3) is 0 Å². The number of hydrogen-bond acceptors (Lipinski definition) is 3. The van der Waals surface area contributed by atoms with Crippen LogP contribution in [0.1, 0.15) is 13.3 Å². The summed E-state index contributed by atoms with van der Waals surface area (Å²) in [4.78, 5) is 0. The third kappa shape index (κ3) is 0.682. The molecule has 3 unspecified atom stereocenters. The minimum absolute atomic E-state index is 0.102. The number of hydrogen-bond donors (Lipinski definition) is 2. The van der Waals surface area contributed by atoms with Gasteiger partial charge in [0.2, 0.25) is 0 Å². The van der Waals surface area contributed by atoms with E-state index in [0.29, 0.717) is 0 Å². The number of aliphatic hydroxyl groups excluding tert-OH is 2. The first-order valence-corrected chi connectivity index (χ1v) is 3.80. The molecule has 0 aromatic carbocycles. The highest BCUT2D eigenvalue weighted by atomic mass is 16.7. The van der Waals surface area contributed by atoms with Gasteiger partial charge in [0, 0.05) is 0 Å². The second-order valence-corrected chi connectivity index (χ2v) is 3.46. The average molecular weight is 156 g/mol. The Balaban J connectivity index is 2.29. The van der Waals surface area contributed by atoms with Gasteiger partial charge in [0.15, 0.2) is 5.60 Å². The molecule has 1 aliphatic carbocycles. The lowest BCUT2D eigenvalue weighted by atomic mass is 9.83. The molecule has 1 aliphatic heterocycles. The second kappa shape index (κ2) is 1.86. The summed E-state index contributed by atoms with van der Waals surface area (Å²) in [5.41, 5.74) is -1.02. The second-order valence-electron chi connectivity index (χ2n) is 3.46. The molecular formula is C8H12O3. The van der Waals surface area contributed by atoms with Crippen molar-refractivity contribution in [1.29, 1.82) is 0 Å². The minimum atomic E-state index is -0.693. The van der Waals surface area contributed by atoms with Crippen molar-refractivity contribution in [1.82, 2.24) is 0 Å². The maximum absolute atomic E-state index is 9.46. The van der Waals surface area contributed by atoms with E-state index in [1.54, 1.807) is 6.08 Å². The maximum Gasteiger partial charge on any atom is 0.150 e. The topological polar surface area (TPSA) is 53.0 Å². The van der Waals surface area contributed by atoms with Gasteiger partial charge in [0.1, 0.15) is 11.7 Å². The molecule has 11 heavy (non-hydrogen) atoms. The molecule has 1 heterocycles. The lowest BCUT2D eigenvalue weighted by Gasteiger charge is -2.21. The van der Waals surface area contributed by atoms with Crippen LogP contribution in [0.25, 0.3) is 0 Å². The summed E-state index contributed by atoms with van der Waals surface area (Å²) in [6.07, 6.45) is 3.72. The van der Waals surface area contributed by atoms with Gasteiger partial charge in [-0.1, -0.05) is 12.2 Å². The normalized spacial score (nSPS) is 53.9. The number of fused-ring (bicyclic) bond motifs is 1. The highest BCUT2D eigenvalue weighted by Crippen LogP contribution is 2.54. The smallest absolute Gasteiger partial charge is 0.150 e. The van der Waals surface area contributed by atoms with Gasteiger partial charge < -0.3 is 14.9 Å². The van der Waals surface area contributed by atoms with E-state index in [9.17, 15) is 5.11 Å². The van der Waals surface area contributed by atoms with Crippen LogP contribution in [0.3, 0.4) is 0 Å². The van der Waals surface area contributed by atoms with Crippen LogP contribution >= 0.6 is 0 Å². The lowest BCUT2D eigenvalue weighted by Crippen LogP contribution is -2.40. The van der Waals surface area contributed by atoms with Gasteiger partial charge in [-0.15, -0.1) is 0 Å². The Morgan fingerprint density at radius 2 is 2.45 bits per heavy atom. The number of epoxide rings is 1. The van der Waals surface area contributed by atoms with Crippen molar-refractivity contribution in [2.45, 2.75) is 30.7 Å². The monoisotopic (exact) mass is 156 g/mol. The summed E-state index contributed by atoms with van der Waals surface area (Å²) in [6, 6.07) is 0. The van der Waals surface area contributed by atoms with E-state index >= 15 is 0 Å². The van der Waals surface area contributed by atoms with E-state index in [4.69, 9.17) is 9.84 Å². The standard InChI is InChI=1S/C8H12O3/c1-7-4-2-3-6(10)8(7,5-9)11-7/h2-3,6,9-10H,4-5H2,1H3. The Morgan fingerprint density at radius 1 is 1.73 bits per heavy atom. The van der Waals surface area contributed by atoms with Gasteiger partial charge in [-0.2, -0.15) is 0 Å². The zero-order valence-electron chi connectivity index (χ0n) is 6.45. The molecule has 2 aliphatic rings. The van der Waals surface area contributed by atoms with Crippen LogP contribution in [0.5, 0.6) is 0 Å². The first kappa shape index (κ1) is 7.28. The Labute approximate surface area is 65.3 Å². The summed E-state index contributed by atoms with van der Waals surface area (Å²) in [5, 5.41) is 18.5. The summed E-state index contributed by atoms with van der Waals surface area (Å²) in [7, 11) is 0. The molecule has 0 saturated carbocycles. The fourth-order valence-corrected chi connectivity index (χ4v) is 1.83. The SMILES string of the molecule is CC12CC=CC(O)C1(CO)O2. The van der Waals surface area contributed by atoms with E-state index in [0.717, 1.165) is 6.42 Å².